The van der Waals surface area contributed by atoms with E-state index in [1.165, 1.54) is 32.5 Å². The second-order valence-corrected chi connectivity index (χ2v) is 5.06. The Kier molecular flexibility index (Phi) is 4.58. The van der Waals surface area contributed by atoms with Crippen molar-refractivity contribution in [2.75, 3.05) is 45.9 Å². The Bertz CT molecular complexity index is 207. The van der Waals surface area contributed by atoms with E-state index in [1.807, 2.05) is 0 Å². The molecule has 0 saturated carbocycles. The van der Waals surface area contributed by atoms with Gasteiger partial charge in [0.1, 0.15) is 0 Å². The molecule has 16 heavy (non-hydrogen) atoms. The zero-order valence-electron chi connectivity index (χ0n) is 10.3. The molecule has 0 aromatic carbocycles. The summed E-state index contributed by atoms with van der Waals surface area (Å²) in [6, 6.07) is 0. The Labute approximate surface area is 98.2 Å². The summed E-state index contributed by atoms with van der Waals surface area (Å²) in [6.07, 6.45) is 2.99. The van der Waals surface area contributed by atoms with Gasteiger partial charge in [0.15, 0.2) is 0 Å². The molecule has 2 atom stereocenters. The number of aliphatic hydroxyl groups excluding tert-OH is 1. The number of morpholine rings is 1. The summed E-state index contributed by atoms with van der Waals surface area (Å²) in [5.74, 6) is 0. The number of rotatable bonds is 4. The molecule has 0 aromatic heterocycles. The molecule has 2 aliphatic rings. The Morgan fingerprint density at radius 1 is 1.12 bits per heavy atom. The van der Waals surface area contributed by atoms with Crippen molar-refractivity contribution in [3.8, 4) is 0 Å². The first-order chi connectivity index (χ1) is 7.78. The van der Waals surface area contributed by atoms with Crippen LogP contribution in [-0.2, 0) is 4.74 Å². The molecule has 2 fully saturated rings. The van der Waals surface area contributed by atoms with Crippen molar-refractivity contribution < 1.29 is 9.84 Å². The molecular formula is C12H24N2O2. The van der Waals surface area contributed by atoms with Gasteiger partial charge in [0, 0.05) is 26.2 Å². The van der Waals surface area contributed by atoms with E-state index in [1.54, 1.807) is 0 Å². The Hall–Kier alpha value is -0.160. The van der Waals surface area contributed by atoms with Crippen molar-refractivity contribution >= 4 is 0 Å². The van der Waals surface area contributed by atoms with Gasteiger partial charge in [0.2, 0.25) is 0 Å². The zero-order chi connectivity index (χ0) is 11.4. The average molecular weight is 228 g/mol. The van der Waals surface area contributed by atoms with Crippen LogP contribution in [0.3, 0.4) is 0 Å². The largest absolute Gasteiger partial charge is 0.394 e. The number of aliphatic hydroxyl groups is 1. The van der Waals surface area contributed by atoms with E-state index in [2.05, 4.69) is 16.7 Å². The third-order valence-electron chi connectivity index (χ3n) is 3.54. The highest BCUT2D eigenvalue weighted by Gasteiger charge is 2.24. The second-order valence-electron chi connectivity index (χ2n) is 5.06. The van der Waals surface area contributed by atoms with Crippen molar-refractivity contribution in [3.63, 3.8) is 0 Å². The minimum absolute atomic E-state index is 0.0160. The van der Waals surface area contributed by atoms with Crippen molar-refractivity contribution in [3.05, 3.63) is 0 Å². The highest BCUT2D eigenvalue weighted by atomic mass is 16.5. The summed E-state index contributed by atoms with van der Waals surface area (Å²) in [6.45, 7) is 8.94. The lowest BCUT2D eigenvalue weighted by molar-refractivity contribution is -0.0958. The molecule has 4 heteroatoms. The maximum Gasteiger partial charge on any atom is 0.0936 e. The van der Waals surface area contributed by atoms with Gasteiger partial charge >= 0.3 is 0 Å². The first-order valence-electron chi connectivity index (χ1n) is 6.49. The monoisotopic (exact) mass is 228 g/mol. The van der Waals surface area contributed by atoms with E-state index in [0.717, 1.165) is 19.6 Å². The minimum atomic E-state index is 0.0160. The van der Waals surface area contributed by atoms with Crippen LogP contribution < -0.4 is 0 Å². The fraction of sp³-hybridized carbons (Fsp3) is 1.00. The summed E-state index contributed by atoms with van der Waals surface area (Å²) < 4.78 is 5.63. The smallest absolute Gasteiger partial charge is 0.0936 e. The Balaban J connectivity index is 1.71. The molecule has 4 nitrogen and oxygen atoms in total. The maximum atomic E-state index is 9.14. The summed E-state index contributed by atoms with van der Waals surface area (Å²) in [4.78, 5) is 4.96. The van der Waals surface area contributed by atoms with Gasteiger partial charge in [-0.1, -0.05) is 0 Å². The number of ether oxygens (including phenoxy) is 1. The summed E-state index contributed by atoms with van der Waals surface area (Å²) in [5.41, 5.74) is 0. The van der Waals surface area contributed by atoms with E-state index >= 15 is 0 Å². The molecule has 2 rings (SSSR count). The van der Waals surface area contributed by atoms with Crippen molar-refractivity contribution in [1.29, 1.82) is 0 Å². The summed E-state index contributed by atoms with van der Waals surface area (Å²) >= 11 is 0. The van der Waals surface area contributed by atoms with Crippen LogP contribution in [0.15, 0.2) is 0 Å². The first-order valence-corrected chi connectivity index (χ1v) is 6.49. The van der Waals surface area contributed by atoms with Gasteiger partial charge in [0.05, 0.1) is 18.8 Å². The van der Waals surface area contributed by atoms with E-state index in [0.29, 0.717) is 0 Å². The third-order valence-corrected chi connectivity index (χ3v) is 3.54. The van der Waals surface area contributed by atoms with Crippen LogP contribution in [0, 0.1) is 0 Å². The number of nitrogens with zero attached hydrogens (tertiary/aromatic N) is 2. The average Bonchev–Trinajstić information content (AvgIpc) is 2.78. The molecule has 2 saturated heterocycles. The Morgan fingerprint density at radius 3 is 2.50 bits per heavy atom. The van der Waals surface area contributed by atoms with Crippen LogP contribution in [0.1, 0.15) is 19.8 Å². The van der Waals surface area contributed by atoms with Gasteiger partial charge in [-0.25, -0.2) is 0 Å². The van der Waals surface area contributed by atoms with Crippen molar-refractivity contribution in [2.24, 2.45) is 0 Å². The van der Waals surface area contributed by atoms with Crippen molar-refractivity contribution in [2.45, 2.75) is 32.0 Å². The molecule has 1 N–H and O–H groups in total. The van der Waals surface area contributed by atoms with Gasteiger partial charge in [-0.2, -0.15) is 0 Å². The highest BCUT2D eigenvalue weighted by Crippen LogP contribution is 2.12. The summed E-state index contributed by atoms with van der Waals surface area (Å²) in [7, 11) is 0. The number of likely N-dealkylation sites (tertiary alicyclic amines) is 1. The third kappa shape index (κ3) is 3.42. The fourth-order valence-corrected chi connectivity index (χ4v) is 2.71. The first kappa shape index (κ1) is 12.3. The molecular weight excluding hydrogens is 204 g/mol. The SMILES string of the molecule is CC1CN(CCN2CCCC2)CC(CO)O1. The summed E-state index contributed by atoms with van der Waals surface area (Å²) in [5, 5.41) is 9.14. The molecule has 0 amide bonds. The van der Waals surface area contributed by atoms with Gasteiger partial charge < -0.3 is 14.7 Å². The van der Waals surface area contributed by atoms with E-state index in [4.69, 9.17) is 9.84 Å². The lowest BCUT2D eigenvalue weighted by Crippen LogP contribution is -2.49. The maximum absolute atomic E-state index is 9.14. The van der Waals surface area contributed by atoms with Crippen LogP contribution in [-0.4, -0.2) is 73.0 Å². The molecule has 0 spiro atoms. The second kappa shape index (κ2) is 5.96. The van der Waals surface area contributed by atoms with E-state index < -0.39 is 0 Å². The van der Waals surface area contributed by atoms with Gasteiger partial charge in [-0.3, -0.25) is 4.90 Å². The predicted molar refractivity (Wildman–Crippen MR) is 63.5 cm³/mol. The minimum Gasteiger partial charge on any atom is -0.394 e. The lowest BCUT2D eigenvalue weighted by atomic mass is 10.2. The van der Waals surface area contributed by atoms with E-state index in [9.17, 15) is 0 Å². The Morgan fingerprint density at radius 2 is 1.81 bits per heavy atom. The number of hydrogen-bond acceptors (Lipinski definition) is 4. The predicted octanol–water partition coefficient (Wildman–Crippen LogP) is 0.164. The van der Waals surface area contributed by atoms with E-state index in [-0.39, 0.29) is 18.8 Å². The topological polar surface area (TPSA) is 35.9 Å². The van der Waals surface area contributed by atoms with Crippen LogP contribution in [0.25, 0.3) is 0 Å². The van der Waals surface area contributed by atoms with Crippen LogP contribution in [0.2, 0.25) is 0 Å². The molecule has 0 radical (unpaired) electrons. The standard InChI is InChI=1S/C12H24N2O2/c1-11-8-14(9-12(10-15)16-11)7-6-13-4-2-3-5-13/h11-12,15H,2-10H2,1H3. The van der Waals surface area contributed by atoms with Crippen LogP contribution in [0.5, 0.6) is 0 Å². The normalized spacial score (nSPS) is 33.4. The molecule has 2 unspecified atom stereocenters. The fourth-order valence-electron chi connectivity index (χ4n) is 2.71. The van der Waals surface area contributed by atoms with Crippen LogP contribution >= 0.6 is 0 Å². The highest BCUT2D eigenvalue weighted by molar-refractivity contribution is 4.77. The van der Waals surface area contributed by atoms with Crippen LogP contribution in [0.4, 0.5) is 0 Å². The number of hydrogen-bond donors (Lipinski definition) is 1. The molecule has 0 aliphatic carbocycles. The van der Waals surface area contributed by atoms with Gasteiger partial charge in [0.25, 0.3) is 0 Å². The molecule has 0 aromatic rings. The molecule has 94 valence electrons. The zero-order valence-corrected chi connectivity index (χ0v) is 10.3. The van der Waals surface area contributed by atoms with Gasteiger partial charge in [-0.15, -0.1) is 0 Å². The molecule has 2 heterocycles. The lowest BCUT2D eigenvalue weighted by Gasteiger charge is -2.36. The molecule has 0 bridgehead atoms. The molecule has 2 aliphatic heterocycles. The van der Waals surface area contributed by atoms with Crippen molar-refractivity contribution in [1.82, 2.24) is 9.80 Å². The quantitative estimate of drug-likeness (QED) is 0.744. The van der Waals surface area contributed by atoms with Gasteiger partial charge in [-0.05, 0) is 32.9 Å².